The molecule has 3 aromatic heterocycles. The summed E-state index contributed by atoms with van der Waals surface area (Å²) in [6.45, 7) is 0.617. The Kier molecular flexibility index (Phi) is 5.58. The van der Waals surface area contributed by atoms with Crippen LogP contribution in [0.5, 0.6) is 0 Å². The Morgan fingerprint density at radius 2 is 1.79 bits per heavy atom. The molecule has 2 atom stereocenters. The summed E-state index contributed by atoms with van der Waals surface area (Å²) in [7, 11) is 0. The van der Waals surface area contributed by atoms with Crippen molar-refractivity contribution in [1.29, 1.82) is 0 Å². The van der Waals surface area contributed by atoms with E-state index in [2.05, 4.69) is 30.8 Å². The molecule has 7 nitrogen and oxygen atoms in total. The zero-order valence-electron chi connectivity index (χ0n) is 17.6. The highest BCUT2D eigenvalue weighted by Crippen LogP contribution is 2.40. The van der Waals surface area contributed by atoms with Gasteiger partial charge in [0.1, 0.15) is 0 Å². The number of aromatic nitrogens is 3. The normalized spacial score (nSPS) is 17.7. The van der Waals surface area contributed by atoms with E-state index < -0.39 is 5.97 Å². The van der Waals surface area contributed by atoms with Crippen LogP contribution in [0.3, 0.4) is 0 Å². The molecule has 8 heteroatoms. The number of hydrogen-bond acceptors (Lipinski definition) is 4. The third-order valence-corrected chi connectivity index (χ3v) is 6.13. The Morgan fingerprint density at radius 3 is 2.48 bits per heavy atom. The standard InChI is InChI=1S/C25H21N5O2S/c31-24(32)18-6-8-19(9-7-18)29-15-3-5-21(29)23-22(20-4-1-2-12-27-20)28-25(33)30(23)16-17-10-13-26-14-11-17/h1-15,22-23H,16H2,(H,28,33)(H,31,32)/t22-,23+/m1/s1. The Balaban J connectivity index is 1.58. The van der Waals surface area contributed by atoms with Crippen molar-refractivity contribution in [2.75, 3.05) is 0 Å². The molecule has 1 aliphatic rings. The van der Waals surface area contributed by atoms with Crippen molar-refractivity contribution in [2.45, 2.75) is 18.6 Å². The van der Waals surface area contributed by atoms with Gasteiger partial charge in [-0.25, -0.2) is 4.79 Å². The number of pyridine rings is 2. The van der Waals surface area contributed by atoms with E-state index in [4.69, 9.17) is 12.2 Å². The van der Waals surface area contributed by atoms with Crippen LogP contribution in [0.4, 0.5) is 0 Å². The number of nitrogens with zero attached hydrogens (tertiary/aromatic N) is 4. The maximum absolute atomic E-state index is 11.3. The topological polar surface area (TPSA) is 83.3 Å². The minimum Gasteiger partial charge on any atom is -0.478 e. The molecule has 4 heterocycles. The zero-order valence-corrected chi connectivity index (χ0v) is 18.4. The monoisotopic (exact) mass is 455 g/mol. The Hall–Kier alpha value is -4.04. The van der Waals surface area contributed by atoms with Gasteiger partial charge in [-0.05, 0) is 78.4 Å². The first kappa shape index (κ1) is 20.8. The number of rotatable bonds is 6. The van der Waals surface area contributed by atoms with Gasteiger partial charge in [0.15, 0.2) is 5.11 Å². The summed E-state index contributed by atoms with van der Waals surface area (Å²) in [5.74, 6) is -0.946. The van der Waals surface area contributed by atoms with Gasteiger partial charge >= 0.3 is 5.97 Å². The summed E-state index contributed by atoms with van der Waals surface area (Å²) >= 11 is 5.77. The van der Waals surface area contributed by atoms with Crippen LogP contribution in [0.25, 0.3) is 5.69 Å². The minimum absolute atomic E-state index is 0.130. The SMILES string of the molecule is O=C(O)c1ccc(-n2cccc2[C@H]2[C@@H](c3ccccn3)NC(=S)N2Cc2ccncc2)cc1. The van der Waals surface area contributed by atoms with Crippen LogP contribution in [-0.4, -0.2) is 35.6 Å². The Morgan fingerprint density at radius 1 is 1.00 bits per heavy atom. The number of carboxylic acids is 1. The van der Waals surface area contributed by atoms with E-state index in [1.165, 1.54) is 0 Å². The van der Waals surface area contributed by atoms with E-state index in [0.29, 0.717) is 11.7 Å². The highest BCUT2D eigenvalue weighted by Gasteiger charge is 2.41. The smallest absolute Gasteiger partial charge is 0.335 e. The van der Waals surface area contributed by atoms with Crippen molar-refractivity contribution in [1.82, 2.24) is 24.8 Å². The van der Waals surface area contributed by atoms with Crippen molar-refractivity contribution >= 4 is 23.3 Å². The Bertz CT molecular complexity index is 1280. The third kappa shape index (κ3) is 4.08. The lowest BCUT2D eigenvalue weighted by atomic mass is 10.0. The molecule has 1 saturated heterocycles. The fourth-order valence-electron chi connectivity index (χ4n) is 4.22. The van der Waals surface area contributed by atoms with Crippen molar-refractivity contribution in [2.24, 2.45) is 0 Å². The quantitative estimate of drug-likeness (QED) is 0.423. The molecule has 4 aromatic rings. The molecule has 0 bridgehead atoms. The lowest BCUT2D eigenvalue weighted by molar-refractivity contribution is 0.0697. The fourth-order valence-corrected chi connectivity index (χ4v) is 4.52. The average Bonchev–Trinajstić information content (AvgIpc) is 3.45. The summed E-state index contributed by atoms with van der Waals surface area (Å²) in [6, 6.07) is 20.5. The number of hydrogen-bond donors (Lipinski definition) is 2. The summed E-state index contributed by atoms with van der Waals surface area (Å²) < 4.78 is 2.07. The highest BCUT2D eigenvalue weighted by molar-refractivity contribution is 7.80. The molecular weight excluding hydrogens is 434 g/mol. The molecule has 33 heavy (non-hydrogen) atoms. The van der Waals surface area contributed by atoms with Gasteiger partial charge in [-0.1, -0.05) is 6.07 Å². The third-order valence-electron chi connectivity index (χ3n) is 5.78. The van der Waals surface area contributed by atoms with Crippen molar-refractivity contribution in [3.05, 3.63) is 114 Å². The van der Waals surface area contributed by atoms with Crippen LogP contribution >= 0.6 is 12.2 Å². The van der Waals surface area contributed by atoms with Crippen molar-refractivity contribution in [3.8, 4) is 5.69 Å². The van der Waals surface area contributed by atoms with Crippen LogP contribution in [0.2, 0.25) is 0 Å². The molecule has 164 valence electrons. The van der Waals surface area contributed by atoms with Crippen LogP contribution in [0, 0.1) is 0 Å². The predicted octanol–water partition coefficient (Wildman–Crippen LogP) is 4.14. The molecule has 2 N–H and O–H groups in total. The summed E-state index contributed by atoms with van der Waals surface area (Å²) in [5.41, 5.74) is 4.15. The number of thiocarbonyl (C=S) groups is 1. The largest absolute Gasteiger partial charge is 0.478 e. The van der Waals surface area contributed by atoms with Gasteiger partial charge in [0.2, 0.25) is 0 Å². The first-order valence-electron chi connectivity index (χ1n) is 10.5. The van der Waals surface area contributed by atoms with Gasteiger partial charge in [-0.15, -0.1) is 0 Å². The summed E-state index contributed by atoms with van der Waals surface area (Å²) in [4.78, 5) is 22.2. The number of benzene rings is 1. The number of carbonyl (C=O) groups is 1. The number of nitrogens with one attached hydrogen (secondary N) is 1. The molecule has 1 fully saturated rings. The van der Waals surface area contributed by atoms with Gasteiger partial charge in [-0.2, -0.15) is 0 Å². The fraction of sp³-hybridized carbons (Fsp3) is 0.120. The molecule has 0 saturated carbocycles. The van der Waals surface area contributed by atoms with Crippen molar-refractivity contribution < 1.29 is 9.90 Å². The van der Waals surface area contributed by atoms with Crippen LogP contribution < -0.4 is 5.32 Å². The van der Waals surface area contributed by atoms with E-state index >= 15 is 0 Å². The predicted molar refractivity (Wildman–Crippen MR) is 128 cm³/mol. The molecule has 0 radical (unpaired) electrons. The lowest BCUT2D eigenvalue weighted by Gasteiger charge is -2.29. The number of aromatic carboxylic acids is 1. The molecule has 0 amide bonds. The molecule has 1 aromatic carbocycles. The van der Waals surface area contributed by atoms with E-state index in [1.807, 2.05) is 54.7 Å². The first-order chi connectivity index (χ1) is 16.1. The second-order valence-electron chi connectivity index (χ2n) is 7.77. The van der Waals surface area contributed by atoms with Gasteiger partial charge < -0.3 is 19.9 Å². The van der Waals surface area contributed by atoms with E-state index in [-0.39, 0.29) is 17.6 Å². The summed E-state index contributed by atoms with van der Waals surface area (Å²) in [5, 5.41) is 13.4. The van der Waals surface area contributed by atoms with Crippen LogP contribution in [-0.2, 0) is 6.54 Å². The van der Waals surface area contributed by atoms with E-state index in [0.717, 1.165) is 22.6 Å². The van der Waals surface area contributed by atoms with E-state index in [1.54, 1.807) is 30.7 Å². The molecular formula is C25H21N5O2S. The second kappa shape index (κ2) is 8.84. The van der Waals surface area contributed by atoms with Crippen LogP contribution in [0.15, 0.2) is 91.5 Å². The van der Waals surface area contributed by atoms with Crippen LogP contribution in [0.1, 0.15) is 39.4 Å². The zero-order chi connectivity index (χ0) is 22.8. The maximum atomic E-state index is 11.3. The van der Waals surface area contributed by atoms with Gasteiger partial charge in [0, 0.05) is 42.7 Å². The Labute approximate surface area is 196 Å². The van der Waals surface area contributed by atoms with Gasteiger partial charge in [-0.3, -0.25) is 9.97 Å². The highest BCUT2D eigenvalue weighted by atomic mass is 32.1. The maximum Gasteiger partial charge on any atom is 0.335 e. The summed E-state index contributed by atoms with van der Waals surface area (Å²) in [6.07, 6.45) is 7.32. The molecule has 0 unspecified atom stereocenters. The molecule has 5 rings (SSSR count). The van der Waals surface area contributed by atoms with Gasteiger partial charge in [0.05, 0.1) is 23.3 Å². The second-order valence-corrected chi connectivity index (χ2v) is 8.15. The lowest BCUT2D eigenvalue weighted by Crippen LogP contribution is -2.30. The number of carboxylic acid groups (broad SMARTS) is 1. The van der Waals surface area contributed by atoms with Gasteiger partial charge in [0.25, 0.3) is 0 Å². The van der Waals surface area contributed by atoms with Crippen molar-refractivity contribution in [3.63, 3.8) is 0 Å². The molecule has 0 spiro atoms. The molecule has 1 aliphatic heterocycles. The van der Waals surface area contributed by atoms with E-state index in [9.17, 15) is 9.90 Å². The average molecular weight is 456 g/mol. The minimum atomic E-state index is -0.946. The first-order valence-corrected chi connectivity index (χ1v) is 10.9. The molecule has 0 aliphatic carbocycles.